The normalized spacial score (nSPS) is 16.2. The highest BCUT2D eigenvalue weighted by Crippen LogP contribution is 2.39. The quantitative estimate of drug-likeness (QED) is 0.602. The van der Waals surface area contributed by atoms with Crippen molar-refractivity contribution in [1.29, 1.82) is 0 Å². The van der Waals surface area contributed by atoms with Gasteiger partial charge in [-0.2, -0.15) is 13.9 Å². The zero-order valence-corrected chi connectivity index (χ0v) is 17.9. The van der Waals surface area contributed by atoms with E-state index in [1.54, 1.807) is 17.2 Å². The number of aromatic nitrogens is 4. The predicted octanol–water partition coefficient (Wildman–Crippen LogP) is 4.73. The molecule has 0 saturated carbocycles. The molecule has 0 spiro atoms. The maximum Gasteiger partial charge on any atom is 0.387 e. The molecule has 4 heterocycles. The lowest BCUT2D eigenvalue weighted by molar-refractivity contribution is -0.0500. The van der Waals surface area contributed by atoms with Crippen molar-refractivity contribution in [2.45, 2.75) is 52.8 Å². The molecular formula is C22H23F2N5O2. The van der Waals surface area contributed by atoms with E-state index < -0.39 is 6.61 Å². The van der Waals surface area contributed by atoms with Crippen molar-refractivity contribution in [2.75, 3.05) is 4.90 Å². The number of rotatable bonds is 4. The van der Waals surface area contributed by atoms with Gasteiger partial charge in [0.25, 0.3) is 5.91 Å². The monoisotopic (exact) mass is 427 g/mol. The number of halogens is 2. The number of hydrogen-bond acceptors (Lipinski definition) is 5. The Hall–Kier alpha value is -3.36. The van der Waals surface area contributed by atoms with Crippen LogP contribution in [-0.2, 0) is 5.54 Å². The third-order valence-electron chi connectivity index (χ3n) is 5.23. The molecule has 1 aliphatic rings. The van der Waals surface area contributed by atoms with Crippen LogP contribution in [-0.4, -0.2) is 32.3 Å². The summed E-state index contributed by atoms with van der Waals surface area (Å²) in [5.74, 6) is -0.187. The van der Waals surface area contributed by atoms with Crippen LogP contribution in [0, 0.1) is 6.92 Å². The SMILES string of the molecule is Cc1cc(-c2cncc(OC(F)F)c2)nc2c1C(=O)N(c1cnn(C(C)(C)C)c1)C2C. The molecule has 1 atom stereocenters. The number of alkyl halides is 2. The van der Waals surface area contributed by atoms with E-state index in [2.05, 4.69) is 14.8 Å². The Morgan fingerprint density at radius 1 is 1.16 bits per heavy atom. The van der Waals surface area contributed by atoms with Gasteiger partial charge in [0, 0.05) is 18.0 Å². The van der Waals surface area contributed by atoms with Crippen LogP contribution in [0.25, 0.3) is 11.3 Å². The maximum absolute atomic E-state index is 13.2. The molecular weight excluding hydrogens is 404 g/mol. The van der Waals surface area contributed by atoms with E-state index in [4.69, 9.17) is 4.98 Å². The lowest BCUT2D eigenvalue weighted by Gasteiger charge is -2.21. The van der Waals surface area contributed by atoms with Crippen LogP contribution in [0.4, 0.5) is 14.5 Å². The molecule has 0 saturated heterocycles. The average molecular weight is 427 g/mol. The summed E-state index contributed by atoms with van der Waals surface area (Å²) in [6.07, 6.45) is 6.28. The molecule has 0 aliphatic carbocycles. The molecule has 7 nitrogen and oxygen atoms in total. The van der Waals surface area contributed by atoms with E-state index >= 15 is 0 Å². The Labute approximate surface area is 178 Å². The van der Waals surface area contributed by atoms with Crippen molar-refractivity contribution >= 4 is 11.6 Å². The lowest BCUT2D eigenvalue weighted by Crippen LogP contribution is -2.26. The van der Waals surface area contributed by atoms with E-state index in [1.165, 1.54) is 18.5 Å². The van der Waals surface area contributed by atoms with Gasteiger partial charge in [-0.25, -0.2) is 4.98 Å². The summed E-state index contributed by atoms with van der Waals surface area (Å²) in [5, 5.41) is 4.40. The first kappa shape index (κ1) is 20.9. The maximum atomic E-state index is 13.2. The Kier molecular flexibility index (Phi) is 4.99. The Bertz CT molecular complexity index is 1150. The summed E-state index contributed by atoms with van der Waals surface area (Å²) in [6.45, 7) is 6.90. The first-order chi connectivity index (χ1) is 14.6. The molecule has 0 N–H and O–H groups in total. The second-order valence-electron chi connectivity index (χ2n) is 8.54. The third kappa shape index (κ3) is 3.75. The van der Waals surface area contributed by atoms with Crippen LogP contribution in [0.1, 0.15) is 55.4 Å². The number of anilines is 1. The molecule has 3 aromatic rings. The minimum Gasteiger partial charge on any atom is -0.433 e. The van der Waals surface area contributed by atoms with Crippen molar-refractivity contribution in [2.24, 2.45) is 0 Å². The first-order valence-electron chi connectivity index (χ1n) is 9.86. The molecule has 31 heavy (non-hydrogen) atoms. The van der Waals surface area contributed by atoms with Crippen LogP contribution >= 0.6 is 0 Å². The number of aryl methyl sites for hydroxylation is 1. The second-order valence-corrected chi connectivity index (χ2v) is 8.54. The Morgan fingerprint density at radius 2 is 1.90 bits per heavy atom. The van der Waals surface area contributed by atoms with E-state index in [1.807, 2.05) is 45.5 Å². The van der Waals surface area contributed by atoms with Gasteiger partial charge in [-0.1, -0.05) is 0 Å². The summed E-state index contributed by atoms with van der Waals surface area (Å²) < 4.78 is 31.4. The van der Waals surface area contributed by atoms with Gasteiger partial charge in [0.05, 0.1) is 46.6 Å². The third-order valence-corrected chi connectivity index (χ3v) is 5.23. The van der Waals surface area contributed by atoms with Crippen LogP contribution < -0.4 is 9.64 Å². The Balaban J connectivity index is 1.73. The highest BCUT2D eigenvalue weighted by Gasteiger charge is 2.39. The first-order valence-corrected chi connectivity index (χ1v) is 9.86. The van der Waals surface area contributed by atoms with Crippen molar-refractivity contribution in [3.8, 4) is 17.0 Å². The summed E-state index contributed by atoms with van der Waals surface area (Å²) in [4.78, 5) is 23.6. The van der Waals surface area contributed by atoms with Gasteiger partial charge >= 0.3 is 6.61 Å². The minimum atomic E-state index is -2.94. The molecule has 4 rings (SSSR count). The molecule has 0 aromatic carbocycles. The topological polar surface area (TPSA) is 73.1 Å². The van der Waals surface area contributed by atoms with Crippen molar-refractivity contribution in [1.82, 2.24) is 19.7 Å². The molecule has 1 unspecified atom stereocenters. The highest BCUT2D eigenvalue weighted by atomic mass is 19.3. The van der Waals surface area contributed by atoms with Gasteiger partial charge in [-0.15, -0.1) is 0 Å². The number of carbonyl (C=O) groups is 1. The highest BCUT2D eigenvalue weighted by molar-refractivity contribution is 6.11. The fourth-order valence-corrected chi connectivity index (χ4v) is 3.72. The van der Waals surface area contributed by atoms with Crippen LogP contribution in [0.5, 0.6) is 5.75 Å². The largest absolute Gasteiger partial charge is 0.433 e. The van der Waals surface area contributed by atoms with Gasteiger partial charge in [0.1, 0.15) is 5.75 Å². The standard InChI is InChI=1S/C22H23F2N5O2/c1-12-6-17(14-7-16(10-25-8-14)31-21(23)24)27-19-13(2)29(20(30)18(12)19)15-9-26-28(11-15)22(3,4)5/h6-11,13,21H,1-5H3. The minimum absolute atomic E-state index is 0.0483. The number of fused-ring (bicyclic) bond motifs is 1. The molecule has 0 radical (unpaired) electrons. The van der Waals surface area contributed by atoms with Gasteiger partial charge < -0.3 is 4.74 Å². The number of ether oxygens (including phenoxy) is 1. The molecule has 0 bridgehead atoms. The van der Waals surface area contributed by atoms with E-state index in [-0.39, 0.29) is 23.2 Å². The van der Waals surface area contributed by atoms with Gasteiger partial charge in [-0.05, 0) is 52.3 Å². The van der Waals surface area contributed by atoms with E-state index in [0.29, 0.717) is 28.2 Å². The van der Waals surface area contributed by atoms with Crippen molar-refractivity contribution in [3.63, 3.8) is 0 Å². The predicted molar refractivity (Wildman–Crippen MR) is 111 cm³/mol. The van der Waals surface area contributed by atoms with Crippen molar-refractivity contribution < 1.29 is 18.3 Å². The van der Waals surface area contributed by atoms with Gasteiger partial charge in [0.2, 0.25) is 0 Å². The number of pyridine rings is 2. The average Bonchev–Trinajstić information content (AvgIpc) is 3.25. The summed E-state index contributed by atoms with van der Waals surface area (Å²) in [5.41, 5.74) is 3.48. The van der Waals surface area contributed by atoms with Crippen LogP contribution in [0.2, 0.25) is 0 Å². The van der Waals surface area contributed by atoms with Crippen LogP contribution in [0.15, 0.2) is 36.9 Å². The second kappa shape index (κ2) is 7.40. The van der Waals surface area contributed by atoms with Gasteiger partial charge in [-0.3, -0.25) is 19.4 Å². The van der Waals surface area contributed by atoms with Gasteiger partial charge in [0.15, 0.2) is 0 Å². The molecule has 0 fully saturated rings. The van der Waals surface area contributed by atoms with Crippen molar-refractivity contribution in [3.05, 3.63) is 53.7 Å². The molecule has 3 aromatic heterocycles. The number of hydrogen-bond donors (Lipinski definition) is 0. The molecule has 9 heteroatoms. The van der Waals surface area contributed by atoms with E-state index in [0.717, 1.165) is 5.56 Å². The molecule has 162 valence electrons. The number of amides is 1. The molecule has 1 aliphatic heterocycles. The molecule has 1 amide bonds. The summed E-state index contributed by atoms with van der Waals surface area (Å²) in [6, 6.07) is 2.90. The fraction of sp³-hybridized carbons (Fsp3) is 0.364. The number of carbonyl (C=O) groups excluding carboxylic acids is 1. The zero-order chi connectivity index (χ0) is 22.5. The van der Waals surface area contributed by atoms with Crippen LogP contribution in [0.3, 0.4) is 0 Å². The van der Waals surface area contributed by atoms with E-state index in [9.17, 15) is 13.6 Å². The Morgan fingerprint density at radius 3 is 2.55 bits per heavy atom. The summed E-state index contributed by atoms with van der Waals surface area (Å²) in [7, 11) is 0. The lowest BCUT2D eigenvalue weighted by atomic mass is 10.0. The fourth-order valence-electron chi connectivity index (χ4n) is 3.72. The summed E-state index contributed by atoms with van der Waals surface area (Å²) >= 11 is 0. The zero-order valence-electron chi connectivity index (χ0n) is 17.9. The smallest absolute Gasteiger partial charge is 0.387 e. The number of nitrogens with zero attached hydrogens (tertiary/aromatic N) is 5.